The summed E-state index contributed by atoms with van der Waals surface area (Å²) in [4.78, 5) is 0. The van der Waals surface area contributed by atoms with Crippen molar-refractivity contribution in [3.63, 3.8) is 0 Å². The molecule has 0 radical (unpaired) electrons. The average molecular weight is 457 g/mol. The van der Waals surface area contributed by atoms with E-state index in [1.807, 2.05) is 62.4 Å². The van der Waals surface area contributed by atoms with Crippen LogP contribution in [0.1, 0.15) is 25.0 Å². The standard InChI is InChI=1S/C28H28N2O4/c1-17(19-7-9-21-13-25(31-3)27(33-5)15-23(21)11-19)29-30-18(2)20-8-10-22-14-26(32-4)28(34-6)16-24(22)12-20/h7-16H,1-6H3/b29-17+,30-18+. The van der Waals surface area contributed by atoms with Gasteiger partial charge < -0.3 is 18.9 Å². The van der Waals surface area contributed by atoms with Crippen molar-refractivity contribution in [3.05, 3.63) is 71.8 Å². The number of hydrogen-bond donors (Lipinski definition) is 0. The van der Waals surface area contributed by atoms with Crippen LogP contribution in [-0.2, 0) is 0 Å². The smallest absolute Gasteiger partial charge is 0.161 e. The molecule has 0 unspecified atom stereocenters. The fraction of sp³-hybridized carbons (Fsp3) is 0.214. The summed E-state index contributed by atoms with van der Waals surface area (Å²) in [5, 5.41) is 13.2. The van der Waals surface area contributed by atoms with E-state index in [1.54, 1.807) is 28.4 Å². The zero-order valence-electron chi connectivity index (χ0n) is 20.3. The van der Waals surface area contributed by atoms with Gasteiger partial charge in [-0.15, -0.1) is 0 Å². The molecule has 0 aromatic heterocycles. The number of methoxy groups -OCH3 is 4. The van der Waals surface area contributed by atoms with Crippen LogP contribution in [0.5, 0.6) is 23.0 Å². The molecule has 4 aromatic rings. The first-order valence-electron chi connectivity index (χ1n) is 10.9. The molecule has 0 aliphatic carbocycles. The van der Waals surface area contributed by atoms with E-state index in [0.717, 1.165) is 44.1 Å². The van der Waals surface area contributed by atoms with Gasteiger partial charge in [0, 0.05) is 0 Å². The van der Waals surface area contributed by atoms with E-state index in [0.29, 0.717) is 23.0 Å². The SMILES string of the molecule is COc1cc2ccc(/C(C)=N/N=C(\C)c3ccc4cc(OC)c(OC)cc4c3)cc2cc1OC. The van der Waals surface area contributed by atoms with Crippen LogP contribution < -0.4 is 18.9 Å². The molecule has 0 fully saturated rings. The largest absolute Gasteiger partial charge is 0.493 e. The molecule has 0 amide bonds. The third-order valence-electron chi connectivity index (χ3n) is 5.87. The van der Waals surface area contributed by atoms with Crippen LogP contribution in [-0.4, -0.2) is 39.9 Å². The van der Waals surface area contributed by atoms with Crippen molar-refractivity contribution in [2.24, 2.45) is 10.2 Å². The van der Waals surface area contributed by atoms with Crippen LogP contribution in [0, 0.1) is 0 Å². The maximum atomic E-state index is 5.44. The van der Waals surface area contributed by atoms with Gasteiger partial charge in [0.25, 0.3) is 0 Å². The minimum atomic E-state index is 0.696. The fourth-order valence-electron chi connectivity index (χ4n) is 3.87. The van der Waals surface area contributed by atoms with Crippen LogP contribution in [0.4, 0.5) is 0 Å². The maximum absolute atomic E-state index is 5.44. The highest BCUT2D eigenvalue weighted by atomic mass is 16.5. The molecule has 0 aliphatic rings. The molecule has 0 spiro atoms. The van der Waals surface area contributed by atoms with Crippen molar-refractivity contribution in [3.8, 4) is 23.0 Å². The molecule has 4 rings (SSSR count). The molecule has 0 saturated heterocycles. The van der Waals surface area contributed by atoms with Crippen molar-refractivity contribution in [1.82, 2.24) is 0 Å². The topological polar surface area (TPSA) is 61.6 Å². The lowest BCUT2D eigenvalue weighted by molar-refractivity contribution is 0.356. The Kier molecular flexibility index (Phi) is 6.68. The van der Waals surface area contributed by atoms with E-state index in [1.165, 1.54) is 0 Å². The summed E-state index contributed by atoms with van der Waals surface area (Å²) < 4.78 is 21.7. The van der Waals surface area contributed by atoms with Gasteiger partial charge in [0.15, 0.2) is 23.0 Å². The molecular formula is C28H28N2O4. The minimum absolute atomic E-state index is 0.696. The molecule has 0 atom stereocenters. The Balaban J connectivity index is 1.64. The molecule has 6 heteroatoms. The second-order valence-corrected chi connectivity index (χ2v) is 7.91. The van der Waals surface area contributed by atoms with E-state index >= 15 is 0 Å². The molecule has 0 aliphatic heterocycles. The van der Waals surface area contributed by atoms with Crippen LogP contribution in [0.25, 0.3) is 21.5 Å². The zero-order valence-corrected chi connectivity index (χ0v) is 20.3. The van der Waals surface area contributed by atoms with E-state index < -0.39 is 0 Å². The minimum Gasteiger partial charge on any atom is -0.493 e. The summed E-state index contributed by atoms with van der Waals surface area (Å²) in [6.45, 7) is 3.91. The third-order valence-corrected chi connectivity index (χ3v) is 5.87. The summed E-state index contributed by atoms with van der Waals surface area (Å²) >= 11 is 0. The summed E-state index contributed by atoms with van der Waals surface area (Å²) in [5.74, 6) is 2.81. The molecule has 6 nitrogen and oxygen atoms in total. The summed E-state index contributed by atoms with van der Waals surface area (Å²) in [6.07, 6.45) is 0. The van der Waals surface area contributed by atoms with Gasteiger partial charge in [-0.2, -0.15) is 10.2 Å². The summed E-state index contributed by atoms with van der Waals surface area (Å²) in [5.41, 5.74) is 3.63. The molecule has 4 aromatic carbocycles. The molecule has 0 heterocycles. The van der Waals surface area contributed by atoms with Gasteiger partial charge in [-0.3, -0.25) is 0 Å². The quantitative estimate of drug-likeness (QED) is 0.243. The lowest BCUT2D eigenvalue weighted by Crippen LogP contribution is -1.98. The number of ether oxygens (including phenoxy) is 4. The molecule has 0 saturated carbocycles. The van der Waals surface area contributed by atoms with Crippen molar-refractivity contribution in [2.45, 2.75) is 13.8 Å². The summed E-state index contributed by atoms with van der Waals surface area (Å²) in [7, 11) is 6.55. The van der Waals surface area contributed by atoms with Crippen LogP contribution in [0.3, 0.4) is 0 Å². The Morgan fingerprint density at radius 2 is 0.794 bits per heavy atom. The molecule has 174 valence electrons. The second kappa shape index (κ2) is 9.83. The normalized spacial score (nSPS) is 12.2. The Morgan fingerprint density at radius 1 is 0.471 bits per heavy atom. The van der Waals surface area contributed by atoms with E-state index in [-0.39, 0.29) is 0 Å². The van der Waals surface area contributed by atoms with Gasteiger partial charge in [-0.1, -0.05) is 24.3 Å². The second-order valence-electron chi connectivity index (χ2n) is 7.91. The number of rotatable bonds is 7. The predicted octanol–water partition coefficient (Wildman–Crippen LogP) is 6.26. The molecule has 0 N–H and O–H groups in total. The molecular weight excluding hydrogens is 428 g/mol. The van der Waals surface area contributed by atoms with E-state index in [2.05, 4.69) is 22.3 Å². The number of benzene rings is 4. The first-order valence-corrected chi connectivity index (χ1v) is 10.9. The van der Waals surface area contributed by atoms with Gasteiger partial charge in [-0.05, 0) is 82.9 Å². The number of nitrogens with zero attached hydrogens (tertiary/aromatic N) is 2. The Labute approximate surface area is 199 Å². The van der Waals surface area contributed by atoms with Gasteiger partial charge in [0.2, 0.25) is 0 Å². The highest BCUT2D eigenvalue weighted by Gasteiger charge is 2.09. The van der Waals surface area contributed by atoms with Crippen molar-refractivity contribution in [1.29, 1.82) is 0 Å². The van der Waals surface area contributed by atoms with E-state index in [9.17, 15) is 0 Å². The monoisotopic (exact) mass is 456 g/mol. The van der Waals surface area contributed by atoms with Crippen molar-refractivity contribution < 1.29 is 18.9 Å². The van der Waals surface area contributed by atoms with Gasteiger partial charge in [0.05, 0.1) is 39.9 Å². The van der Waals surface area contributed by atoms with Gasteiger partial charge >= 0.3 is 0 Å². The van der Waals surface area contributed by atoms with E-state index in [4.69, 9.17) is 18.9 Å². The van der Waals surface area contributed by atoms with Crippen molar-refractivity contribution >= 4 is 33.0 Å². The molecule has 34 heavy (non-hydrogen) atoms. The maximum Gasteiger partial charge on any atom is 0.161 e. The molecule has 0 bridgehead atoms. The first kappa shape index (κ1) is 23.1. The summed E-state index contributed by atoms with van der Waals surface area (Å²) in [6, 6.07) is 20.2. The Hall–Kier alpha value is -4.06. The lowest BCUT2D eigenvalue weighted by Gasteiger charge is -2.10. The number of fused-ring (bicyclic) bond motifs is 2. The third kappa shape index (κ3) is 4.53. The highest BCUT2D eigenvalue weighted by molar-refractivity contribution is 6.05. The van der Waals surface area contributed by atoms with Crippen molar-refractivity contribution in [2.75, 3.05) is 28.4 Å². The lowest BCUT2D eigenvalue weighted by atomic mass is 10.0. The van der Waals surface area contributed by atoms with Crippen LogP contribution in [0.15, 0.2) is 70.9 Å². The van der Waals surface area contributed by atoms with Crippen LogP contribution in [0.2, 0.25) is 0 Å². The number of hydrogen-bond acceptors (Lipinski definition) is 6. The van der Waals surface area contributed by atoms with Gasteiger partial charge in [-0.25, -0.2) is 0 Å². The Morgan fingerprint density at radius 3 is 1.12 bits per heavy atom. The first-order chi connectivity index (χ1) is 16.5. The fourth-order valence-corrected chi connectivity index (χ4v) is 3.87. The van der Waals surface area contributed by atoms with Crippen LogP contribution >= 0.6 is 0 Å². The predicted molar refractivity (Wildman–Crippen MR) is 139 cm³/mol. The Bertz CT molecular complexity index is 1310. The average Bonchev–Trinajstić information content (AvgIpc) is 2.88. The highest BCUT2D eigenvalue weighted by Crippen LogP contribution is 2.33. The zero-order chi connectivity index (χ0) is 24.2. The van der Waals surface area contributed by atoms with Gasteiger partial charge in [0.1, 0.15) is 0 Å².